The molecule has 1 aromatic carbocycles. The van der Waals surface area contributed by atoms with E-state index in [4.69, 9.17) is 10.2 Å². The Morgan fingerprint density at radius 2 is 1.38 bits per heavy atom. The first kappa shape index (κ1) is 12.1. The number of hydrogen-bond donors (Lipinski definition) is 2. The molecule has 0 saturated carbocycles. The van der Waals surface area contributed by atoms with E-state index in [0.717, 1.165) is 6.07 Å². The molecular weight excluding hydrogens is 367 g/mol. The first-order valence-electron chi connectivity index (χ1n) is 3.18. The van der Waals surface area contributed by atoms with E-state index in [9.17, 15) is 9.59 Å². The Balaban J connectivity index is 0.00000144. The molecule has 13 heavy (non-hydrogen) atoms. The Labute approximate surface area is 94.4 Å². The summed E-state index contributed by atoms with van der Waals surface area (Å²) in [5.41, 5.74) is -0.0372. The zero-order valence-electron chi connectivity index (χ0n) is 6.52. The van der Waals surface area contributed by atoms with Crippen molar-refractivity contribution in [3.63, 3.8) is 0 Å². The molecule has 0 atom stereocenters. The van der Waals surface area contributed by atoms with Gasteiger partial charge in [0.15, 0.2) is 0 Å². The van der Waals surface area contributed by atoms with Crippen molar-refractivity contribution in [2.45, 2.75) is 0 Å². The third-order valence-electron chi connectivity index (χ3n) is 1.36. The van der Waals surface area contributed by atoms with Crippen molar-refractivity contribution in [2.75, 3.05) is 0 Å². The average molecular weight is 373 g/mol. The van der Waals surface area contributed by atoms with Crippen LogP contribution in [0.15, 0.2) is 24.3 Å². The number of carboxylic acid groups (broad SMARTS) is 2. The van der Waals surface area contributed by atoms with Crippen LogP contribution in [-0.2, 0) is 0 Å². The number of aromatic carboxylic acids is 2. The van der Waals surface area contributed by atoms with E-state index >= 15 is 0 Å². The van der Waals surface area contributed by atoms with E-state index in [1.165, 1.54) is 18.2 Å². The molecule has 0 unspecified atom stereocenters. The molecule has 1 rings (SSSR count). The van der Waals surface area contributed by atoms with Gasteiger partial charge in [0.2, 0.25) is 0 Å². The van der Waals surface area contributed by atoms with Crippen molar-refractivity contribution in [1.82, 2.24) is 0 Å². The van der Waals surface area contributed by atoms with Gasteiger partial charge in [0.05, 0.1) is 11.1 Å². The topological polar surface area (TPSA) is 74.6 Å². The molecule has 1 aromatic rings. The summed E-state index contributed by atoms with van der Waals surface area (Å²) in [6.45, 7) is 0. The molecular formula is C8H6O4Pb. The number of rotatable bonds is 2. The predicted molar refractivity (Wildman–Crippen MR) is 46.1 cm³/mol. The van der Waals surface area contributed by atoms with Crippen LogP contribution >= 0.6 is 0 Å². The van der Waals surface area contributed by atoms with Crippen molar-refractivity contribution >= 4 is 39.2 Å². The van der Waals surface area contributed by atoms with Crippen LogP contribution in [0.3, 0.4) is 0 Å². The zero-order chi connectivity index (χ0) is 9.14. The predicted octanol–water partition coefficient (Wildman–Crippen LogP) is 0.702. The Bertz CT molecular complexity index is 305. The quantitative estimate of drug-likeness (QED) is 0.749. The molecule has 0 aromatic heterocycles. The summed E-state index contributed by atoms with van der Waals surface area (Å²) in [4.78, 5) is 20.8. The van der Waals surface area contributed by atoms with Crippen LogP contribution in [0.1, 0.15) is 20.7 Å². The molecule has 0 saturated heterocycles. The molecule has 0 aliphatic heterocycles. The molecule has 0 spiro atoms. The third-order valence-corrected chi connectivity index (χ3v) is 1.36. The SMILES string of the molecule is O=C(O)c1cccc(C(=O)O)c1.[Pb]. The maximum atomic E-state index is 10.4. The van der Waals surface area contributed by atoms with Crippen LogP contribution in [0, 0.1) is 0 Å². The minimum absolute atomic E-state index is 0. The van der Waals surface area contributed by atoms with Gasteiger partial charge in [0, 0.05) is 27.3 Å². The number of carboxylic acids is 2. The van der Waals surface area contributed by atoms with Crippen LogP contribution in [0.4, 0.5) is 0 Å². The number of carbonyl (C=O) groups is 2. The van der Waals surface area contributed by atoms with E-state index in [2.05, 4.69) is 0 Å². The van der Waals surface area contributed by atoms with Gasteiger partial charge in [-0.3, -0.25) is 0 Å². The maximum absolute atomic E-state index is 10.4. The third kappa shape index (κ3) is 3.13. The van der Waals surface area contributed by atoms with Crippen molar-refractivity contribution in [3.05, 3.63) is 35.4 Å². The summed E-state index contributed by atoms with van der Waals surface area (Å²) in [7, 11) is 0. The van der Waals surface area contributed by atoms with Crippen molar-refractivity contribution in [1.29, 1.82) is 0 Å². The molecule has 0 amide bonds. The van der Waals surface area contributed by atoms with Gasteiger partial charge < -0.3 is 10.2 Å². The van der Waals surface area contributed by atoms with E-state index < -0.39 is 11.9 Å². The molecule has 5 heteroatoms. The van der Waals surface area contributed by atoms with Crippen molar-refractivity contribution < 1.29 is 19.8 Å². The summed E-state index contributed by atoms with van der Waals surface area (Å²) < 4.78 is 0. The molecule has 0 bridgehead atoms. The van der Waals surface area contributed by atoms with Gasteiger partial charge in [-0.25, -0.2) is 9.59 Å². The van der Waals surface area contributed by atoms with Crippen LogP contribution in [-0.4, -0.2) is 49.5 Å². The first-order chi connectivity index (χ1) is 5.61. The summed E-state index contributed by atoms with van der Waals surface area (Å²) in [6, 6.07) is 5.20. The van der Waals surface area contributed by atoms with Crippen molar-refractivity contribution in [3.8, 4) is 0 Å². The molecule has 66 valence electrons. The fourth-order valence-corrected chi connectivity index (χ4v) is 0.785. The summed E-state index contributed by atoms with van der Waals surface area (Å²) in [6.07, 6.45) is 0. The van der Waals surface area contributed by atoms with Gasteiger partial charge in [0.25, 0.3) is 0 Å². The van der Waals surface area contributed by atoms with Gasteiger partial charge in [-0.1, -0.05) is 6.07 Å². The second-order valence-electron chi connectivity index (χ2n) is 2.19. The Kier molecular flexibility index (Phi) is 4.60. The summed E-state index contributed by atoms with van der Waals surface area (Å²) in [5, 5.41) is 17.0. The standard InChI is InChI=1S/C8H6O4.Pb/c9-7(10)5-2-1-3-6(4-5)8(11)12;/h1-4H,(H,9,10)(H,11,12);. The van der Waals surface area contributed by atoms with E-state index in [-0.39, 0.29) is 38.4 Å². The number of hydrogen-bond acceptors (Lipinski definition) is 2. The van der Waals surface area contributed by atoms with Gasteiger partial charge in [-0.15, -0.1) is 0 Å². The van der Waals surface area contributed by atoms with Crippen LogP contribution in [0.2, 0.25) is 0 Å². The second kappa shape index (κ2) is 4.95. The Hall–Kier alpha value is -0.918. The minimum atomic E-state index is -1.13. The molecule has 0 aliphatic rings. The molecule has 2 N–H and O–H groups in total. The summed E-state index contributed by atoms with van der Waals surface area (Å²) >= 11 is 0. The fourth-order valence-electron chi connectivity index (χ4n) is 0.785. The largest absolute Gasteiger partial charge is 0.478 e. The average Bonchev–Trinajstić information content (AvgIpc) is 2.04. The normalized spacial score (nSPS) is 8.62. The molecule has 4 radical (unpaired) electrons. The molecule has 0 heterocycles. The molecule has 4 nitrogen and oxygen atoms in total. The maximum Gasteiger partial charge on any atom is 0.335 e. The van der Waals surface area contributed by atoms with Gasteiger partial charge in [-0.05, 0) is 18.2 Å². The minimum Gasteiger partial charge on any atom is -0.478 e. The van der Waals surface area contributed by atoms with E-state index in [0.29, 0.717) is 0 Å². The van der Waals surface area contributed by atoms with Gasteiger partial charge >= 0.3 is 11.9 Å². The monoisotopic (exact) mass is 374 g/mol. The van der Waals surface area contributed by atoms with E-state index in [1.807, 2.05) is 0 Å². The Morgan fingerprint density at radius 3 is 1.69 bits per heavy atom. The van der Waals surface area contributed by atoms with Crippen LogP contribution < -0.4 is 0 Å². The smallest absolute Gasteiger partial charge is 0.335 e. The Morgan fingerprint density at radius 1 is 1.00 bits per heavy atom. The van der Waals surface area contributed by atoms with Crippen molar-refractivity contribution in [2.24, 2.45) is 0 Å². The van der Waals surface area contributed by atoms with Gasteiger partial charge in [-0.2, -0.15) is 0 Å². The second-order valence-corrected chi connectivity index (χ2v) is 2.19. The van der Waals surface area contributed by atoms with E-state index in [1.54, 1.807) is 0 Å². The zero-order valence-corrected chi connectivity index (χ0v) is 10.4. The van der Waals surface area contributed by atoms with Crippen LogP contribution in [0.5, 0.6) is 0 Å². The fraction of sp³-hybridized carbons (Fsp3) is 0. The first-order valence-corrected chi connectivity index (χ1v) is 3.18. The summed E-state index contributed by atoms with van der Waals surface area (Å²) in [5.74, 6) is -2.25. The van der Waals surface area contributed by atoms with Gasteiger partial charge in [0.1, 0.15) is 0 Å². The van der Waals surface area contributed by atoms with Crippen LogP contribution in [0.25, 0.3) is 0 Å². The molecule has 0 fully saturated rings. The molecule has 0 aliphatic carbocycles. The number of benzene rings is 1.